The van der Waals surface area contributed by atoms with Gasteiger partial charge in [-0.15, -0.1) is 0 Å². The minimum atomic E-state index is -1.24. The molecule has 0 aromatic carbocycles. The molecule has 1 heterocycles. The molecule has 0 amide bonds. The minimum Gasteiger partial charge on any atom is -0.481 e. The average molecular weight is 250 g/mol. The summed E-state index contributed by atoms with van der Waals surface area (Å²) in [6, 6.07) is 0. The molecule has 1 rings (SSSR count). The SMILES string of the molecule is O=C(O)CCCOC[C@H]1OC[C@H](O)[C@@H](O)[C@@H]1O. The number of carbonyl (C=O) groups is 1. The average Bonchev–Trinajstić information content (AvgIpc) is 2.28. The minimum absolute atomic E-state index is 0.0232. The Morgan fingerprint density at radius 3 is 2.65 bits per heavy atom. The maximum absolute atomic E-state index is 10.2. The number of rotatable bonds is 6. The Bertz CT molecular complexity index is 245. The lowest BCUT2D eigenvalue weighted by Gasteiger charge is -2.35. The van der Waals surface area contributed by atoms with E-state index in [2.05, 4.69) is 0 Å². The van der Waals surface area contributed by atoms with Gasteiger partial charge in [-0.25, -0.2) is 0 Å². The van der Waals surface area contributed by atoms with Crippen molar-refractivity contribution in [2.75, 3.05) is 19.8 Å². The van der Waals surface area contributed by atoms with Crippen molar-refractivity contribution in [1.29, 1.82) is 0 Å². The molecule has 0 saturated carbocycles. The summed E-state index contributed by atoms with van der Waals surface area (Å²) in [5.74, 6) is -0.888. The first-order valence-corrected chi connectivity index (χ1v) is 5.47. The van der Waals surface area contributed by atoms with Crippen molar-refractivity contribution < 1.29 is 34.7 Å². The lowest BCUT2D eigenvalue weighted by atomic mass is 10.0. The first kappa shape index (κ1) is 14.3. The molecular weight excluding hydrogens is 232 g/mol. The Hall–Kier alpha value is -0.730. The van der Waals surface area contributed by atoms with Crippen molar-refractivity contribution >= 4 is 5.97 Å². The number of hydrogen-bond acceptors (Lipinski definition) is 6. The topological polar surface area (TPSA) is 116 Å². The van der Waals surface area contributed by atoms with Crippen LogP contribution in [-0.4, -0.2) is 70.6 Å². The summed E-state index contributed by atoms with van der Waals surface area (Å²) >= 11 is 0. The predicted octanol–water partition coefficient (Wildman–Crippen LogP) is -1.65. The number of ether oxygens (including phenoxy) is 2. The van der Waals surface area contributed by atoms with Gasteiger partial charge in [-0.3, -0.25) is 4.79 Å². The van der Waals surface area contributed by atoms with Gasteiger partial charge in [-0.2, -0.15) is 0 Å². The quantitative estimate of drug-likeness (QED) is 0.417. The second-order valence-electron chi connectivity index (χ2n) is 3.99. The molecule has 1 saturated heterocycles. The molecule has 4 atom stereocenters. The van der Waals surface area contributed by atoms with Crippen molar-refractivity contribution in [3.8, 4) is 0 Å². The first-order chi connectivity index (χ1) is 8.02. The maximum atomic E-state index is 10.2. The fourth-order valence-corrected chi connectivity index (χ4v) is 1.54. The summed E-state index contributed by atoms with van der Waals surface area (Å²) in [5.41, 5.74) is 0. The Morgan fingerprint density at radius 2 is 2.00 bits per heavy atom. The van der Waals surface area contributed by atoms with Crippen LogP contribution >= 0.6 is 0 Å². The predicted molar refractivity (Wildman–Crippen MR) is 55.4 cm³/mol. The van der Waals surface area contributed by atoms with Crippen molar-refractivity contribution in [3.05, 3.63) is 0 Å². The molecule has 17 heavy (non-hydrogen) atoms. The fourth-order valence-electron chi connectivity index (χ4n) is 1.54. The Labute approximate surface area is 98.6 Å². The Kier molecular flexibility index (Phi) is 5.79. The zero-order valence-corrected chi connectivity index (χ0v) is 9.36. The molecule has 0 unspecified atom stereocenters. The second kappa shape index (κ2) is 6.87. The smallest absolute Gasteiger partial charge is 0.303 e. The van der Waals surface area contributed by atoms with Crippen LogP contribution in [0.15, 0.2) is 0 Å². The van der Waals surface area contributed by atoms with Gasteiger partial charge in [0.1, 0.15) is 24.4 Å². The van der Waals surface area contributed by atoms with Gasteiger partial charge in [0.2, 0.25) is 0 Å². The van der Waals surface area contributed by atoms with E-state index < -0.39 is 30.4 Å². The third kappa shape index (κ3) is 4.57. The van der Waals surface area contributed by atoms with Gasteiger partial charge in [0.05, 0.1) is 13.2 Å². The van der Waals surface area contributed by atoms with Gasteiger partial charge < -0.3 is 29.9 Å². The third-order valence-corrected chi connectivity index (χ3v) is 2.57. The van der Waals surface area contributed by atoms with Gasteiger partial charge in [-0.1, -0.05) is 0 Å². The van der Waals surface area contributed by atoms with Crippen LogP contribution in [0.5, 0.6) is 0 Å². The monoisotopic (exact) mass is 250 g/mol. The Morgan fingerprint density at radius 1 is 1.29 bits per heavy atom. The van der Waals surface area contributed by atoms with E-state index in [1.807, 2.05) is 0 Å². The molecule has 7 nitrogen and oxygen atoms in total. The number of hydrogen-bond donors (Lipinski definition) is 4. The van der Waals surface area contributed by atoms with E-state index in [0.29, 0.717) is 6.42 Å². The van der Waals surface area contributed by atoms with E-state index in [1.165, 1.54) is 0 Å². The highest BCUT2D eigenvalue weighted by atomic mass is 16.6. The van der Waals surface area contributed by atoms with Crippen molar-refractivity contribution in [2.45, 2.75) is 37.3 Å². The summed E-state index contributed by atoms with van der Waals surface area (Å²) in [6.45, 7) is 0.253. The standard InChI is InChI=1S/C10H18O7/c11-6-4-17-7(10(15)9(6)14)5-16-3-1-2-8(12)13/h6-7,9-11,14-15H,1-5H2,(H,12,13)/t6-,7+,9+,10+/m0/s1. The summed E-state index contributed by atoms with van der Waals surface area (Å²) in [6.07, 6.45) is -3.82. The van der Waals surface area contributed by atoms with Crippen LogP contribution in [0, 0.1) is 0 Å². The number of carboxylic acid groups (broad SMARTS) is 1. The van der Waals surface area contributed by atoms with Gasteiger partial charge >= 0.3 is 5.97 Å². The van der Waals surface area contributed by atoms with Crippen molar-refractivity contribution in [1.82, 2.24) is 0 Å². The molecule has 0 aromatic rings. The number of carboxylic acids is 1. The molecule has 0 spiro atoms. The molecule has 0 radical (unpaired) electrons. The first-order valence-electron chi connectivity index (χ1n) is 5.47. The zero-order chi connectivity index (χ0) is 12.8. The summed E-state index contributed by atoms with van der Waals surface area (Å²) in [5, 5.41) is 36.5. The third-order valence-electron chi connectivity index (χ3n) is 2.57. The van der Waals surface area contributed by atoms with Crippen molar-refractivity contribution in [2.24, 2.45) is 0 Å². The fraction of sp³-hybridized carbons (Fsp3) is 0.900. The highest BCUT2D eigenvalue weighted by Crippen LogP contribution is 2.15. The molecule has 0 aromatic heterocycles. The van der Waals surface area contributed by atoms with Crippen LogP contribution in [0.3, 0.4) is 0 Å². The zero-order valence-electron chi connectivity index (χ0n) is 9.36. The summed E-state index contributed by atoms with van der Waals surface area (Å²) < 4.78 is 10.2. The molecule has 7 heteroatoms. The van der Waals surface area contributed by atoms with E-state index >= 15 is 0 Å². The number of aliphatic hydroxyl groups is 3. The lowest BCUT2D eigenvalue weighted by molar-refractivity contribution is -0.199. The highest BCUT2D eigenvalue weighted by Gasteiger charge is 2.37. The highest BCUT2D eigenvalue weighted by molar-refractivity contribution is 5.66. The number of aliphatic hydroxyl groups excluding tert-OH is 3. The molecule has 0 aliphatic carbocycles. The van der Waals surface area contributed by atoms with Gasteiger partial charge in [0.15, 0.2) is 0 Å². The van der Waals surface area contributed by atoms with Crippen LogP contribution in [0.4, 0.5) is 0 Å². The molecule has 1 aliphatic heterocycles. The lowest BCUT2D eigenvalue weighted by Crippen LogP contribution is -2.54. The normalized spacial score (nSPS) is 33.6. The molecule has 1 fully saturated rings. The van der Waals surface area contributed by atoms with E-state index in [0.717, 1.165) is 0 Å². The molecule has 4 N–H and O–H groups in total. The molecule has 100 valence electrons. The van der Waals surface area contributed by atoms with Crippen molar-refractivity contribution in [3.63, 3.8) is 0 Å². The van der Waals surface area contributed by atoms with Gasteiger partial charge in [0.25, 0.3) is 0 Å². The van der Waals surface area contributed by atoms with Crippen LogP contribution < -0.4 is 0 Å². The largest absolute Gasteiger partial charge is 0.481 e. The van der Waals surface area contributed by atoms with E-state index in [1.54, 1.807) is 0 Å². The van der Waals surface area contributed by atoms with E-state index in [4.69, 9.17) is 14.6 Å². The summed E-state index contributed by atoms with van der Waals surface area (Å²) in [7, 11) is 0. The Balaban J connectivity index is 2.16. The summed E-state index contributed by atoms with van der Waals surface area (Å²) in [4.78, 5) is 10.2. The molecule has 1 aliphatic rings. The molecular formula is C10H18O7. The van der Waals surface area contributed by atoms with Crippen LogP contribution in [0.2, 0.25) is 0 Å². The van der Waals surface area contributed by atoms with Gasteiger partial charge in [0, 0.05) is 13.0 Å². The van der Waals surface area contributed by atoms with Gasteiger partial charge in [-0.05, 0) is 6.42 Å². The van der Waals surface area contributed by atoms with Crippen LogP contribution in [0.25, 0.3) is 0 Å². The van der Waals surface area contributed by atoms with E-state index in [-0.39, 0.29) is 26.2 Å². The van der Waals surface area contributed by atoms with E-state index in [9.17, 15) is 20.1 Å². The second-order valence-corrected chi connectivity index (χ2v) is 3.99. The molecule has 0 bridgehead atoms. The van der Waals surface area contributed by atoms with Crippen LogP contribution in [-0.2, 0) is 14.3 Å². The number of aliphatic carboxylic acids is 1. The maximum Gasteiger partial charge on any atom is 0.303 e. The van der Waals surface area contributed by atoms with Crippen LogP contribution in [0.1, 0.15) is 12.8 Å².